The van der Waals surface area contributed by atoms with Crippen LogP contribution in [0.3, 0.4) is 0 Å². The summed E-state index contributed by atoms with van der Waals surface area (Å²) in [6, 6.07) is 2.84. The van der Waals surface area contributed by atoms with Crippen LogP contribution >= 0.6 is 0 Å². The standard InChI is InChI=1S/C15H17N3O3/c1-8-4-10-7-16-18-13(10)11(5-8)14(19)17-12(15(20)21)6-9-2-3-9/h4-5,7,9,12H,2-3,6H2,1H3,(H,16,18)(H,17,19)(H,20,21). The van der Waals surface area contributed by atoms with Gasteiger partial charge in [0.15, 0.2) is 0 Å². The normalized spacial score (nSPS) is 15.9. The zero-order valence-electron chi connectivity index (χ0n) is 11.7. The predicted octanol–water partition coefficient (Wildman–Crippen LogP) is 1.85. The molecule has 6 nitrogen and oxygen atoms in total. The third-order valence-corrected chi connectivity index (χ3v) is 3.81. The summed E-state index contributed by atoms with van der Waals surface area (Å²) in [4.78, 5) is 23.7. The topological polar surface area (TPSA) is 95.1 Å². The van der Waals surface area contributed by atoms with Gasteiger partial charge in [-0.15, -0.1) is 0 Å². The van der Waals surface area contributed by atoms with Gasteiger partial charge in [-0.2, -0.15) is 5.10 Å². The Labute approximate surface area is 121 Å². The van der Waals surface area contributed by atoms with Crippen molar-refractivity contribution >= 4 is 22.8 Å². The van der Waals surface area contributed by atoms with E-state index in [1.165, 1.54) is 0 Å². The number of hydrogen-bond acceptors (Lipinski definition) is 3. The number of amides is 1. The van der Waals surface area contributed by atoms with E-state index in [9.17, 15) is 14.7 Å². The number of hydrogen-bond donors (Lipinski definition) is 3. The lowest BCUT2D eigenvalue weighted by Crippen LogP contribution is -2.41. The van der Waals surface area contributed by atoms with Crippen LogP contribution in [-0.4, -0.2) is 33.2 Å². The highest BCUT2D eigenvalue weighted by Crippen LogP contribution is 2.33. The van der Waals surface area contributed by atoms with Gasteiger partial charge in [-0.1, -0.05) is 12.8 Å². The fraction of sp³-hybridized carbons (Fsp3) is 0.400. The highest BCUT2D eigenvalue weighted by molar-refractivity contribution is 6.06. The zero-order chi connectivity index (χ0) is 15.0. The number of nitrogens with zero attached hydrogens (tertiary/aromatic N) is 1. The molecule has 1 aliphatic rings. The number of carboxylic acid groups (broad SMARTS) is 1. The van der Waals surface area contributed by atoms with Crippen LogP contribution in [0.15, 0.2) is 18.3 Å². The SMILES string of the molecule is Cc1cc(C(=O)NC(CC2CC2)C(=O)O)c2[nH]ncc2c1. The third-order valence-electron chi connectivity index (χ3n) is 3.81. The van der Waals surface area contributed by atoms with Crippen LogP contribution in [0.5, 0.6) is 0 Å². The smallest absolute Gasteiger partial charge is 0.326 e. The first kappa shape index (κ1) is 13.6. The average Bonchev–Trinajstić information content (AvgIpc) is 3.12. The summed E-state index contributed by atoms with van der Waals surface area (Å²) in [5.74, 6) is -0.930. The molecule has 1 fully saturated rings. The molecule has 0 saturated heterocycles. The maximum Gasteiger partial charge on any atom is 0.326 e. The van der Waals surface area contributed by atoms with E-state index in [1.54, 1.807) is 12.3 Å². The number of carbonyl (C=O) groups is 2. The molecule has 1 amide bonds. The van der Waals surface area contributed by atoms with Gasteiger partial charge >= 0.3 is 5.97 Å². The van der Waals surface area contributed by atoms with Crippen LogP contribution in [0.2, 0.25) is 0 Å². The summed E-state index contributed by atoms with van der Waals surface area (Å²) < 4.78 is 0. The molecule has 0 bridgehead atoms. The number of carbonyl (C=O) groups excluding carboxylic acids is 1. The highest BCUT2D eigenvalue weighted by Gasteiger charge is 2.30. The summed E-state index contributed by atoms with van der Waals surface area (Å²) in [6.07, 6.45) is 4.25. The Morgan fingerprint density at radius 3 is 2.90 bits per heavy atom. The van der Waals surface area contributed by atoms with Crippen LogP contribution in [0.1, 0.15) is 35.2 Å². The maximum absolute atomic E-state index is 12.4. The molecule has 1 aromatic heterocycles. The molecule has 3 rings (SSSR count). The minimum atomic E-state index is -0.983. The number of H-pyrrole nitrogens is 1. The lowest BCUT2D eigenvalue weighted by atomic mass is 10.1. The van der Waals surface area contributed by atoms with E-state index < -0.39 is 12.0 Å². The number of carboxylic acids is 1. The van der Waals surface area contributed by atoms with Gasteiger partial charge in [0.2, 0.25) is 0 Å². The second-order valence-electron chi connectivity index (χ2n) is 5.69. The van der Waals surface area contributed by atoms with Crippen LogP contribution in [-0.2, 0) is 4.79 Å². The summed E-state index contributed by atoms with van der Waals surface area (Å²) in [7, 11) is 0. The first-order valence-corrected chi connectivity index (χ1v) is 7.02. The molecule has 21 heavy (non-hydrogen) atoms. The number of benzene rings is 1. The Morgan fingerprint density at radius 2 is 2.24 bits per heavy atom. The molecule has 0 spiro atoms. The van der Waals surface area contributed by atoms with Crippen molar-refractivity contribution in [2.24, 2.45) is 5.92 Å². The monoisotopic (exact) mass is 287 g/mol. The van der Waals surface area contributed by atoms with Crippen molar-refractivity contribution in [1.82, 2.24) is 15.5 Å². The van der Waals surface area contributed by atoms with E-state index >= 15 is 0 Å². The number of aryl methyl sites for hydroxylation is 1. The molecule has 0 radical (unpaired) electrons. The molecular weight excluding hydrogens is 270 g/mol. The van der Waals surface area contributed by atoms with Crippen molar-refractivity contribution < 1.29 is 14.7 Å². The summed E-state index contributed by atoms with van der Waals surface area (Å²) >= 11 is 0. The van der Waals surface area contributed by atoms with Gasteiger partial charge in [0.25, 0.3) is 5.91 Å². The summed E-state index contributed by atoms with van der Waals surface area (Å²) in [6.45, 7) is 1.89. The van der Waals surface area contributed by atoms with Gasteiger partial charge in [0.1, 0.15) is 6.04 Å². The van der Waals surface area contributed by atoms with Crippen molar-refractivity contribution in [2.45, 2.75) is 32.2 Å². The largest absolute Gasteiger partial charge is 0.480 e. The molecule has 0 aliphatic heterocycles. The predicted molar refractivity (Wildman–Crippen MR) is 77.1 cm³/mol. The van der Waals surface area contributed by atoms with Gasteiger partial charge < -0.3 is 10.4 Å². The lowest BCUT2D eigenvalue weighted by Gasteiger charge is -2.14. The fourth-order valence-corrected chi connectivity index (χ4v) is 2.53. The molecule has 2 aromatic rings. The molecule has 6 heteroatoms. The summed E-state index contributed by atoms with van der Waals surface area (Å²) in [5.41, 5.74) is 2.00. The third kappa shape index (κ3) is 2.89. The van der Waals surface area contributed by atoms with E-state index in [2.05, 4.69) is 15.5 Å². The molecule has 110 valence electrons. The van der Waals surface area contributed by atoms with Crippen LogP contribution in [0.4, 0.5) is 0 Å². The lowest BCUT2D eigenvalue weighted by molar-refractivity contribution is -0.139. The minimum absolute atomic E-state index is 0.374. The maximum atomic E-state index is 12.4. The van der Waals surface area contributed by atoms with Gasteiger partial charge in [0.05, 0.1) is 17.3 Å². The molecular formula is C15H17N3O3. The van der Waals surface area contributed by atoms with Gasteiger partial charge in [0, 0.05) is 5.39 Å². The fourth-order valence-electron chi connectivity index (χ4n) is 2.53. The van der Waals surface area contributed by atoms with E-state index in [0.717, 1.165) is 23.8 Å². The number of aromatic amines is 1. The Bertz CT molecular complexity index is 703. The molecule has 3 N–H and O–H groups in total. The van der Waals surface area contributed by atoms with E-state index in [1.807, 2.05) is 13.0 Å². The van der Waals surface area contributed by atoms with Crippen LogP contribution in [0, 0.1) is 12.8 Å². The molecule has 1 heterocycles. The van der Waals surface area contributed by atoms with E-state index in [4.69, 9.17) is 0 Å². The molecule has 1 unspecified atom stereocenters. The Kier molecular flexibility index (Phi) is 3.37. The van der Waals surface area contributed by atoms with Crippen molar-refractivity contribution in [3.63, 3.8) is 0 Å². The number of fused-ring (bicyclic) bond motifs is 1. The molecule has 1 saturated carbocycles. The van der Waals surface area contributed by atoms with E-state index in [0.29, 0.717) is 23.4 Å². The second-order valence-corrected chi connectivity index (χ2v) is 5.69. The van der Waals surface area contributed by atoms with Crippen molar-refractivity contribution in [2.75, 3.05) is 0 Å². The van der Waals surface area contributed by atoms with Crippen LogP contribution in [0.25, 0.3) is 10.9 Å². The number of aliphatic carboxylic acids is 1. The number of rotatable bonds is 5. The Balaban J connectivity index is 1.85. The molecule has 1 atom stereocenters. The first-order valence-electron chi connectivity index (χ1n) is 7.02. The zero-order valence-corrected chi connectivity index (χ0v) is 11.7. The minimum Gasteiger partial charge on any atom is -0.480 e. The number of nitrogens with one attached hydrogen (secondary N) is 2. The van der Waals surface area contributed by atoms with Crippen molar-refractivity contribution in [3.8, 4) is 0 Å². The highest BCUT2D eigenvalue weighted by atomic mass is 16.4. The second kappa shape index (κ2) is 5.20. The van der Waals surface area contributed by atoms with Crippen LogP contribution < -0.4 is 5.32 Å². The quantitative estimate of drug-likeness (QED) is 0.782. The Hall–Kier alpha value is -2.37. The first-order chi connectivity index (χ1) is 10.0. The van der Waals surface area contributed by atoms with Crippen molar-refractivity contribution in [1.29, 1.82) is 0 Å². The number of aromatic nitrogens is 2. The van der Waals surface area contributed by atoms with Crippen molar-refractivity contribution in [3.05, 3.63) is 29.5 Å². The van der Waals surface area contributed by atoms with E-state index in [-0.39, 0.29) is 5.91 Å². The van der Waals surface area contributed by atoms with Gasteiger partial charge in [-0.3, -0.25) is 9.89 Å². The average molecular weight is 287 g/mol. The molecule has 1 aromatic carbocycles. The van der Waals surface area contributed by atoms with Gasteiger partial charge in [-0.25, -0.2) is 4.79 Å². The molecule has 1 aliphatic carbocycles. The van der Waals surface area contributed by atoms with Gasteiger partial charge in [-0.05, 0) is 37.0 Å². The Morgan fingerprint density at radius 1 is 1.48 bits per heavy atom. The summed E-state index contributed by atoms with van der Waals surface area (Å²) in [5, 5.41) is 19.4.